The quantitative estimate of drug-likeness (QED) is 0.728. The van der Waals surface area contributed by atoms with Crippen molar-refractivity contribution in [1.29, 1.82) is 0 Å². The summed E-state index contributed by atoms with van der Waals surface area (Å²) in [6.07, 6.45) is 8.63. The van der Waals surface area contributed by atoms with Crippen molar-refractivity contribution in [3.05, 3.63) is 54.0 Å². The molecule has 1 saturated carbocycles. The zero-order valence-electron chi connectivity index (χ0n) is 15.7. The normalized spacial score (nSPS) is 27.2. The summed E-state index contributed by atoms with van der Waals surface area (Å²) in [6.45, 7) is 2.16. The first-order chi connectivity index (χ1) is 13.2. The maximum atomic E-state index is 10.3. The number of aryl methyl sites for hydroxylation is 1. The van der Waals surface area contributed by atoms with Gasteiger partial charge in [0, 0.05) is 12.2 Å². The van der Waals surface area contributed by atoms with E-state index in [0.717, 1.165) is 49.0 Å². The second kappa shape index (κ2) is 6.64. The minimum atomic E-state index is -0.202. The summed E-state index contributed by atoms with van der Waals surface area (Å²) in [5.74, 6) is 1.30. The molecule has 2 aliphatic carbocycles. The lowest BCUT2D eigenvalue weighted by Gasteiger charge is -2.16. The molecule has 0 saturated heterocycles. The second-order valence-electron chi connectivity index (χ2n) is 7.98. The highest BCUT2D eigenvalue weighted by Crippen LogP contribution is 2.39. The van der Waals surface area contributed by atoms with Crippen LogP contribution in [-0.2, 0) is 6.42 Å². The van der Waals surface area contributed by atoms with E-state index in [-0.39, 0.29) is 6.10 Å². The molecule has 2 heterocycles. The van der Waals surface area contributed by atoms with Gasteiger partial charge < -0.3 is 15.0 Å². The van der Waals surface area contributed by atoms with Crippen LogP contribution < -0.4 is 5.32 Å². The van der Waals surface area contributed by atoms with Crippen molar-refractivity contribution in [3.8, 4) is 0 Å². The Morgan fingerprint density at radius 1 is 1.19 bits per heavy atom. The first-order valence-corrected chi connectivity index (χ1v) is 10.1. The molecule has 5 nitrogen and oxygen atoms in total. The molecule has 2 aliphatic rings. The fourth-order valence-electron chi connectivity index (χ4n) is 4.99. The maximum Gasteiger partial charge on any atom is 0.145 e. The summed E-state index contributed by atoms with van der Waals surface area (Å²) in [5, 5.41) is 15.0. The average Bonchev–Trinajstić information content (AvgIpc) is 3.39. The van der Waals surface area contributed by atoms with Crippen molar-refractivity contribution in [2.45, 2.75) is 57.2 Å². The van der Waals surface area contributed by atoms with Crippen molar-refractivity contribution < 1.29 is 5.11 Å². The van der Waals surface area contributed by atoms with E-state index >= 15 is 0 Å². The topological polar surface area (TPSA) is 63.0 Å². The first-order valence-electron chi connectivity index (χ1n) is 10.1. The highest BCUT2D eigenvalue weighted by atomic mass is 16.3. The molecule has 2 aromatic heterocycles. The summed E-state index contributed by atoms with van der Waals surface area (Å²) in [6, 6.07) is 11.4. The molecule has 3 aromatic rings. The van der Waals surface area contributed by atoms with Gasteiger partial charge in [0.05, 0.1) is 17.5 Å². The van der Waals surface area contributed by atoms with Crippen molar-refractivity contribution in [3.63, 3.8) is 0 Å². The van der Waals surface area contributed by atoms with Crippen LogP contribution in [0.1, 0.15) is 55.8 Å². The summed E-state index contributed by atoms with van der Waals surface area (Å²) >= 11 is 0. The standard InChI is InChI=1S/C22H26N4O/c1-2-14-11-16(12-20(14)27)26-10-9-18-21(23-13-24-22(18)26)25-19-8-7-15-5-3-4-6-17(15)19/h3-6,9-10,13-14,16,19-20,27H,2,7-8,11-12H2,1H3,(H,23,24,25)/t14-,16+,19-,20-/m0/s1. The van der Waals surface area contributed by atoms with E-state index in [0.29, 0.717) is 18.0 Å². The van der Waals surface area contributed by atoms with Crippen LogP contribution in [-0.4, -0.2) is 25.7 Å². The van der Waals surface area contributed by atoms with Gasteiger partial charge >= 0.3 is 0 Å². The van der Waals surface area contributed by atoms with Crippen LogP contribution >= 0.6 is 0 Å². The third-order valence-electron chi connectivity index (χ3n) is 6.50. The van der Waals surface area contributed by atoms with Crippen molar-refractivity contribution in [1.82, 2.24) is 14.5 Å². The van der Waals surface area contributed by atoms with E-state index in [4.69, 9.17) is 0 Å². The van der Waals surface area contributed by atoms with E-state index in [1.54, 1.807) is 6.33 Å². The zero-order valence-corrected chi connectivity index (χ0v) is 15.7. The fourth-order valence-corrected chi connectivity index (χ4v) is 4.99. The van der Waals surface area contributed by atoms with E-state index in [9.17, 15) is 5.11 Å². The van der Waals surface area contributed by atoms with Gasteiger partial charge in [0.1, 0.15) is 17.8 Å². The molecule has 27 heavy (non-hydrogen) atoms. The highest BCUT2D eigenvalue weighted by molar-refractivity contribution is 5.87. The molecule has 2 N–H and O–H groups in total. The molecule has 0 spiro atoms. The molecule has 1 fully saturated rings. The Hall–Kier alpha value is -2.40. The number of aromatic nitrogens is 3. The molecule has 0 aliphatic heterocycles. The molecule has 0 bridgehead atoms. The van der Waals surface area contributed by atoms with Crippen LogP contribution in [0.4, 0.5) is 5.82 Å². The number of hydrogen-bond acceptors (Lipinski definition) is 4. The fraction of sp³-hybridized carbons (Fsp3) is 0.455. The lowest BCUT2D eigenvalue weighted by atomic mass is 10.0. The molecule has 140 valence electrons. The van der Waals surface area contributed by atoms with Gasteiger partial charge in [0.15, 0.2) is 0 Å². The molecule has 0 radical (unpaired) electrons. The predicted molar refractivity (Wildman–Crippen MR) is 107 cm³/mol. The minimum Gasteiger partial charge on any atom is -0.393 e. The molecular formula is C22H26N4O. The van der Waals surface area contributed by atoms with Crippen molar-refractivity contribution in [2.75, 3.05) is 5.32 Å². The van der Waals surface area contributed by atoms with E-state index in [1.807, 2.05) is 0 Å². The van der Waals surface area contributed by atoms with Crippen LogP contribution in [0.3, 0.4) is 0 Å². The van der Waals surface area contributed by atoms with Crippen LogP contribution in [0, 0.1) is 5.92 Å². The summed E-state index contributed by atoms with van der Waals surface area (Å²) < 4.78 is 2.24. The number of aliphatic hydroxyl groups excluding tert-OH is 1. The Balaban J connectivity index is 1.45. The number of aliphatic hydroxyl groups is 1. The number of benzene rings is 1. The molecule has 5 rings (SSSR count). The third kappa shape index (κ3) is 2.81. The lowest BCUT2D eigenvalue weighted by Crippen LogP contribution is -2.11. The number of fused-ring (bicyclic) bond motifs is 2. The van der Waals surface area contributed by atoms with E-state index in [1.165, 1.54) is 11.1 Å². The zero-order chi connectivity index (χ0) is 18.4. The Bertz CT molecular complexity index is 966. The Morgan fingerprint density at radius 2 is 2.07 bits per heavy atom. The van der Waals surface area contributed by atoms with Crippen molar-refractivity contribution in [2.24, 2.45) is 5.92 Å². The number of nitrogens with zero attached hydrogens (tertiary/aromatic N) is 3. The molecule has 1 aromatic carbocycles. The first kappa shape index (κ1) is 16.8. The third-order valence-corrected chi connectivity index (χ3v) is 6.50. The van der Waals surface area contributed by atoms with Crippen LogP contribution in [0.5, 0.6) is 0 Å². The van der Waals surface area contributed by atoms with E-state index < -0.39 is 0 Å². The Labute approximate surface area is 159 Å². The number of anilines is 1. The molecular weight excluding hydrogens is 336 g/mol. The second-order valence-corrected chi connectivity index (χ2v) is 7.98. The van der Waals surface area contributed by atoms with Gasteiger partial charge in [-0.25, -0.2) is 9.97 Å². The smallest absolute Gasteiger partial charge is 0.145 e. The SMILES string of the molecule is CC[C@H]1C[C@@H](n2ccc3c(N[C@H]4CCc5ccccc54)ncnc32)C[C@@H]1O. The molecule has 0 unspecified atom stereocenters. The van der Waals surface area contributed by atoms with Crippen LogP contribution in [0.25, 0.3) is 11.0 Å². The Kier molecular flexibility index (Phi) is 4.12. The van der Waals surface area contributed by atoms with Gasteiger partial charge in [-0.3, -0.25) is 0 Å². The number of rotatable bonds is 4. The van der Waals surface area contributed by atoms with Crippen molar-refractivity contribution >= 4 is 16.9 Å². The van der Waals surface area contributed by atoms with Gasteiger partial charge in [0.25, 0.3) is 0 Å². The monoisotopic (exact) mass is 362 g/mol. The van der Waals surface area contributed by atoms with Crippen LogP contribution in [0.2, 0.25) is 0 Å². The Morgan fingerprint density at radius 3 is 2.93 bits per heavy atom. The lowest BCUT2D eigenvalue weighted by molar-refractivity contribution is 0.129. The summed E-state index contributed by atoms with van der Waals surface area (Å²) in [5.41, 5.74) is 3.78. The molecule has 5 heteroatoms. The largest absolute Gasteiger partial charge is 0.393 e. The van der Waals surface area contributed by atoms with Gasteiger partial charge in [-0.2, -0.15) is 0 Å². The average molecular weight is 362 g/mol. The number of nitrogens with one attached hydrogen (secondary N) is 1. The summed E-state index contributed by atoms with van der Waals surface area (Å²) in [7, 11) is 0. The highest BCUT2D eigenvalue weighted by Gasteiger charge is 2.33. The van der Waals surface area contributed by atoms with Gasteiger partial charge in [0.2, 0.25) is 0 Å². The van der Waals surface area contributed by atoms with Gasteiger partial charge in [-0.05, 0) is 48.8 Å². The van der Waals surface area contributed by atoms with Crippen LogP contribution in [0.15, 0.2) is 42.9 Å². The summed E-state index contributed by atoms with van der Waals surface area (Å²) in [4.78, 5) is 9.12. The predicted octanol–water partition coefficient (Wildman–Crippen LogP) is 4.25. The van der Waals surface area contributed by atoms with Gasteiger partial charge in [-0.1, -0.05) is 37.6 Å². The molecule has 4 atom stereocenters. The minimum absolute atomic E-state index is 0.202. The van der Waals surface area contributed by atoms with Gasteiger partial charge in [-0.15, -0.1) is 0 Å². The number of hydrogen-bond donors (Lipinski definition) is 2. The molecule has 0 amide bonds. The maximum absolute atomic E-state index is 10.3. The van der Waals surface area contributed by atoms with E-state index in [2.05, 4.69) is 63.3 Å².